The van der Waals surface area contributed by atoms with E-state index in [1.165, 1.54) is 38.4 Å². The minimum absolute atomic E-state index is 0.00345. The summed E-state index contributed by atoms with van der Waals surface area (Å²) in [6.45, 7) is 2.69. The van der Waals surface area contributed by atoms with Gasteiger partial charge in [0.25, 0.3) is 0 Å². The predicted octanol–water partition coefficient (Wildman–Crippen LogP) is 1.50. The number of nitrogens with one attached hydrogen (secondary N) is 1. The van der Waals surface area contributed by atoms with E-state index in [1.807, 2.05) is 6.92 Å². The maximum Gasteiger partial charge on any atom is 0.148 e. The average Bonchev–Trinajstić information content (AvgIpc) is 2.85. The van der Waals surface area contributed by atoms with Crippen LogP contribution in [0.1, 0.15) is 45.4 Å². The Labute approximate surface area is 110 Å². The second kappa shape index (κ2) is 5.47. The molecule has 2 fully saturated rings. The average molecular weight is 275 g/mol. The number of sulfone groups is 1. The first-order chi connectivity index (χ1) is 8.39. The van der Waals surface area contributed by atoms with Crippen molar-refractivity contribution in [2.24, 2.45) is 0 Å². The van der Waals surface area contributed by atoms with Gasteiger partial charge in [-0.25, -0.2) is 8.42 Å². The van der Waals surface area contributed by atoms with Crippen molar-refractivity contribution in [3.05, 3.63) is 0 Å². The Bertz CT molecular complexity index is 374. The largest absolute Gasteiger partial charge is 0.370 e. The third-order valence-corrected chi connectivity index (χ3v) is 5.21. The summed E-state index contributed by atoms with van der Waals surface area (Å²) in [6, 6.07) is 0.00345. The number of hydrogen-bond acceptors (Lipinski definition) is 4. The van der Waals surface area contributed by atoms with Crippen LogP contribution in [0.2, 0.25) is 0 Å². The summed E-state index contributed by atoms with van der Waals surface area (Å²) in [5.74, 6) is 0.199. The molecule has 0 aromatic heterocycles. The normalized spacial score (nSPS) is 28.9. The minimum atomic E-state index is -2.89. The molecule has 4 nitrogen and oxygen atoms in total. The molecule has 1 spiro atoms. The van der Waals surface area contributed by atoms with E-state index in [4.69, 9.17) is 4.74 Å². The van der Waals surface area contributed by atoms with Gasteiger partial charge in [0.1, 0.15) is 9.84 Å². The van der Waals surface area contributed by atoms with E-state index < -0.39 is 9.84 Å². The summed E-state index contributed by atoms with van der Waals surface area (Å²) < 4.78 is 28.5. The SMILES string of the molecule is CC(CS(C)(=O)=O)NCC1CCC2(CCCC2)O1. The molecule has 0 aromatic rings. The monoisotopic (exact) mass is 275 g/mol. The van der Waals surface area contributed by atoms with E-state index in [0.29, 0.717) is 0 Å². The third-order valence-electron chi connectivity index (χ3n) is 4.10. The van der Waals surface area contributed by atoms with Crippen molar-refractivity contribution in [2.75, 3.05) is 18.6 Å². The Morgan fingerprint density at radius 1 is 1.33 bits per heavy atom. The van der Waals surface area contributed by atoms with Crippen molar-refractivity contribution < 1.29 is 13.2 Å². The molecule has 1 saturated carbocycles. The van der Waals surface area contributed by atoms with Crippen molar-refractivity contribution in [1.82, 2.24) is 5.32 Å². The summed E-state index contributed by atoms with van der Waals surface area (Å²) >= 11 is 0. The highest BCUT2D eigenvalue weighted by molar-refractivity contribution is 7.90. The highest BCUT2D eigenvalue weighted by Crippen LogP contribution is 2.43. The summed E-state index contributed by atoms with van der Waals surface area (Å²) in [5.41, 5.74) is 0.173. The molecule has 2 rings (SSSR count). The lowest BCUT2D eigenvalue weighted by atomic mass is 9.98. The Hall–Kier alpha value is -0.130. The van der Waals surface area contributed by atoms with Crippen LogP contribution < -0.4 is 5.32 Å². The van der Waals surface area contributed by atoms with E-state index in [9.17, 15) is 8.42 Å². The highest BCUT2D eigenvalue weighted by atomic mass is 32.2. The fourth-order valence-corrected chi connectivity index (χ4v) is 4.30. The molecule has 2 atom stereocenters. The van der Waals surface area contributed by atoms with E-state index in [0.717, 1.165) is 13.0 Å². The van der Waals surface area contributed by atoms with Gasteiger partial charge in [0.15, 0.2) is 0 Å². The molecule has 1 saturated heterocycles. The van der Waals surface area contributed by atoms with Gasteiger partial charge in [0.05, 0.1) is 17.5 Å². The van der Waals surface area contributed by atoms with E-state index >= 15 is 0 Å². The molecule has 0 radical (unpaired) electrons. The standard InChI is InChI=1S/C13H25NO3S/c1-11(10-18(2,15)16)14-9-12-5-8-13(17-12)6-3-4-7-13/h11-12,14H,3-10H2,1-2H3. The van der Waals surface area contributed by atoms with Gasteiger partial charge in [-0.05, 0) is 32.6 Å². The molecule has 1 N–H and O–H groups in total. The second-order valence-electron chi connectivity index (χ2n) is 6.07. The minimum Gasteiger partial charge on any atom is -0.370 e. The number of hydrogen-bond donors (Lipinski definition) is 1. The fourth-order valence-electron chi connectivity index (χ4n) is 3.27. The Balaban J connectivity index is 1.72. The molecular weight excluding hydrogens is 250 g/mol. The molecule has 0 amide bonds. The van der Waals surface area contributed by atoms with Gasteiger partial charge in [-0.1, -0.05) is 12.8 Å². The van der Waals surface area contributed by atoms with Gasteiger partial charge in [-0.3, -0.25) is 0 Å². The van der Waals surface area contributed by atoms with Crippen molar-refractivity contribution in [2.45, 2.75) is 63.2 Å². The zero-order chi connectivity index (χ0) is 13.2. The van der Waals surface area contributed by atoms with Crippen LogP contribution in [0.25, 0.3) is 0 Å². The molecule has 5 heteroatoms. The van der Waals surface area contributed by atoms with Gasteiger partial charge in [0, 0.05) is 18.8 Å². The van der Waals surface area contributed by atoms with Crippen LogP contribution in [0.3, 0.4) is 0 Å². The molecule has 1 aliphatic heterocycles. The molecule has 18 heavy (non-hydrogen) atoms. The second-order valence-corrected chi connectivity index (χ2v) is 8.26. The predicted molar refractivity (Wildman–Crippen MR) is 72.5 cm³/mol. The maximum atomic E-state index is 11.2. The smallest absolute Gasteiger partial charge is 0.148 e. The lowest BCUT2D eigenvalue weighted by molar-refractivity contribution is -0.0355. The third kappa shape index (κ3) is 3.93. The van der Waals surface area contributed by atoms with E-state index in [-0.39, 0.29) is 23.5 Å². The molecule has 0 bridgehead atoms. The molecule has 1 heterocycles. The van der Waals surface area contributed by atoms with Crippen molar-refractivity contribution in [3.63, 3.8) is 0 Å². The van der Waals surface area contributed by atoms with Crippen LogP contribution in [0.15, 0.2) is 0 Å². The zero-order valence-electron chi connectivity index (χ0n) is 11.4. The quantitative estimate of drug-likeness (QED) is 0.826. The van der Waals surface area contributed by atoms with Crippen LogP contribution in [0.4, 0.5) is 0 Å². The molecule has 2 aliphatic rings. The van der Waals surface area contributed by atoms with Gasteiger partial charge >= 0.3 is 0 Å². The van der Waals surface area contributed by atoms with Crippen molar-refractivity contribution in [1.29, 1.82) is 0 Å². The van der Waals surface area contributed by atoms with Crippen LogP contribution in [-0.4, -0.2) is 44.7 Å². The number of ether oxygens (including phenoxy) is 1. The Morgan fingerprint density at radius 2 is 2.00 bits per heavy atom. The van der Waals surface area contributed by atoms with Crippen molar-refractivity contribution in [3.8, 4) is 0 Å². The van der Waals surface area contributed by atoms with Crippen LogP contribution in [0, 0.1) is 0 Å². The molecule has 1 aliphatic carbocycles. The van der Waals surface area contributed by atoms with Gasteiger partial charge in [-0.2, -0.15) is 0 Å². The van der Waals surface area contributed by atoms with E-state index in [2.05, 4.69) is 5.32 Å². The lowest BCUT2D eigenvalue weighted by Crippen LogP contribution is -2.38. The van der Waals surface area contributed by atoms with Crippen LogP contribution >= 0.6 is 0 Å². The van der Waals surface area contributed by atoms with Gasteiger partial charge in [0.2, 0.25) is 0 Å². The molecule has 106 valence electrons. The first kappa shape index (κ1) is 14.3. The van der Waals surface area contributed by atoms with E-state index in [1.54, 1.807) is 0 Å². The Morgan fingerprint density at radius 3 is 2.61 bits per heavy atom. The van der Waals surface area contributed by atoms with Crippen LogP contribution in [-0.2, 0) is 14.6 Å². The van der Waals surface area contributed by atoms with Gasteiger partial charge in [-0.15, -0.1) is 0 Å². The summed E-state index contributed by atoms with van der Waals surface area (Å²) in [6.07, 6.45) is 8.86. The topological polar surface area (TPSA) is 55.4 Å². The maximum absolute atomic E-state index is 11.2. The van der Waals surface area contributed by atoms with Gasteiger partial charge < -0.3 is 10.1 Å². The van der Waals surface area contributed by atoms with Crippen LogP contribution in [0.5, 0.6) is 0 Å². The summed E-state index contributed by atoms with van der Waals surface area (Å²) in [7, 11) is -2.89. The van der Waals surface area contributed by atoms with Crippen molar-refractivity contribution >= 4 is 9.84 Å². The highest BCUT2D eigenvalue weighted by Gasteiger charge is 2.41. The summed E-state index contributed by atoms with van der Waals surface area (Å²) in [5, 5.41) is 3.28. The molecule has 2 unspecified atom stereocenters. The first-order valence-corrected chi connectivity index (χ1v) is 9.04. The Kier molecular flexibility index (Phi) is 4.34. The zero-order valence-corrected chi connectivity index (χ0v) is 12.3. The molecule has 0 aromatic carbocycles. The first-order valence-electron chi connectivity index (χ1n) is 6.98. The lowest BCUT2D eigenvalue weighted by Gasteiger charge is -2.24. The number of rotatable bonds is 5. The molecular formula is C13H25NO3S. The fraction of sp³-hybridized carbons (Fsp3) is 1.00. The summed E-state index contributed by atoms with van der Waals surface area (Å²) in [4.78, 5) is 0.